The van der Waals surface area contributed by atoms with Gasteiger partial charge in [0, 0.05) is 36.0 Å². The number of carbonyl (C=O) groups excluding carboxylic acids is 4. The molecule has 1 saturated carbocycles. The SMILES string of the molecule is CC(C)OC(=O)CCC/C=C\C[C@@H]1[C@@H](/C=C/C(=O)CCc2cccs2)[C@H](OC(=O)c2ccccc2)C[C@@H]1OC(=O)c1ccccc1. The topological polar surface area (TPSA) is 96.0 Å². The molecule has 0 saturated heterocycles. The first-order chi connectivity index (χ1) is 22.3. The first-order valence-electron chi connectivity index (χ1n) is 15.9. The van der Waals surface area contributed by atoms with Crippen molar-refractivity contribution in [3.63, 3.8) is 0 Å². The van der Waals surface area contributed by atoms with E-state index >= 15 is 0 Å². The van der Waals surface area contributed by atoms with E-state index in [9.17, 15) is 19.2 Å². The van der Waals surface area contributed by atoms with Crippen LogP contribution in [0.2, 0.25) is 0 Å². The van der Waals surface area contributed by atoms with Crippen LogP contribution >= 0.6 is 11.3 Å². The van der Waals surface area contributed by atoms with Crippen LogP contribution in [0.25, 0.3) is 0 Å². The summed E-state index contributed by atoms with van der Waals surface area (Å²) in [6.07, 6.45) is 9.66. The summed E-state index contributed by atoms with van der Waals surface area (Å²) in [7, 11) is 0. The number of allylic oxidation sites excluding steroid dienone is 3. The molecule has 7 nitrogen and oxygen atoms in total. The van der Waals surface area contributed by atoms with Crippen LogP contribution in [0, 0.1) is 11.8 Å². The molecule has 46 heavy (non-hydrogen) atoms. The Hall–Kier alpha value is -4.30. The maximum absolute atomic E-state index is 13.2. The van der Waals surface area contributed by atoms with Crippen molar-refractivity contribution in [2.45, 2.75) is 77.1 Å². The molecule has 2 aromatic carbocycles. The minimum Gasteiger partial charge on any atom is -0.463 e. The molecule has 0 radical (unpaired) electrons. The van der Waals surface area contributed by atoms with E-state index in [1.54, 1.807) is 65.9 Å². The number of thiophene rings is 1. The Bertz CT molecular complexity index is 1460. The second kappa shape index (κ2) is 18.0. The molecule has 1 fully saturated rings. The molecule has 4 rings (SSSR count). The molecule has 1 aliphatic carbocycles. The highest BCUT2D eigenvalue weighted by molar-refractivity contribution is 7.09. The van der Waals surface area contributed by atoms with Gasteiger partial charge in [0.1, 0.15) is 12.2 Å². The zero-order chi connectivity index (χ0) is 32.7. The number of unbranched alkanes of at least 4 members (excludes halogenated alkanes) is 1. The molecule has 0 aliphatic heterocycles. The molecule has 1 heterocycles. The highest BCUT2D eigenvalue weighted by Crippen LogP contribution is 2.41. The summed E-state index contributed by atoms with van der Waals surface area (Å²) in [5, 5.41) is 1.99. The van der Waals surface area contributed by atoms with E-state index in [2.05, 4.69) is 0 Å². The van der Waals surface area contributed by atoms with E-state index in [0.717, 1.165) is 4.88 Å². The predicted molar refractivity (Wildman–Crippen MR) is 179 cm³/mol. The Kier molecular flexibility index (Phi) is 13.5. The van der Waals surface area contributed by atoms with Gasteiger partial charge in [0.2, 0.25) is 0 Å². The number of carbonyl (C=O) groups is 4. The first-order valence-corrected chi connectivity index (χ1v) is 16.8. The summed E-state index contributed by atoms with van der Waals surface area (Å²) in [5.41, 5.74) is 0.861. The number of benzene rings is 2. The van der Waals surface area contributed by atoms with Gasteiger partial charge in [-0.1, -0.05) is 60.7 Å². The molecule has 0 spiro atoms. The Morgan fingerprint density at radius 1 is 0.826 bits per heavy atom. The molecule has 0 bridgehead atoms. The highest BCUT2D eigenvalue weighted by atomic mass is 32.1. The van der Waals surface area contributed by atoms with Gasteiger partial charge in [0.15, 0.2) is 5.78 Å². The third-order valence-electron chi connectivity index (χ3n) is 7.80. The molecule has 4 atom stereocenters. The number of ether oxygens (including phenoxy) is 3. The lowest BCUT2D eigenvalue weighted by Gasteiger charge is -2.23. The molecular weight excluding hydrogens is 600 g/mol. The predicted octanol–water partition coefficient (Wildman–Crippen LogP) is 7.96. The molecule has 1 aliphatic rings. The number of ketones is 1. The van der Waals surface area contributed by atoms with E-state index in [0.29, 0.717) is 56.1 Å². The Balaban J connectivity index is 1.52. The second-order valence-electron chi connectivity index (χ2n) is 11.6. The lowest BCUT2D eigenvalue weighted by molar-refractivity contribution is -0.147. The fraction of sp³-hybridized carbons (Fsp3) is 0.368. The van der Waals surface area contributed by atoms with Crippen molar-refractivity contribution in [3.05, 3.63) is 118 Å². The Morgan fingerprint density at radius 3 is 2.09 bits per heavy atom. The van der Waals surface area contributed by atoms with Crippen molar-refractivity contribution < 1.29 is 33.4 Å². The third-order valence-corrected chi connectivity index (χ3v) is 8.73. The van der Waals surface area contributed by atoms with Gasteiger partial charge < -0.3 is 14.2 Å². The van der Waals surface area contributed by atoms with E-state index in [1.807, 2.05) is 61.7 Å². The lowest BCUT2D eigenvalue weighted by atomic mass is 9.89. The average Bonchev–Trinajstić information content (AvgIpc) is 3.69. The number of hydrogen-bond donors (Lipinski definition) is 0. The zero-order valence-corrected chi connectivity index (χ0v) is 27.2. The van der Waals surface area contributed by atoms with E-state index in [-0.39, 0.29) is 29.7 Å². The number of esters is 3. The smallest absolute Gasteiger partial charge is 0.338 e. The second-order valence-corrected chi connectivity index (χ2v) is 12.7. The normalized spacial score (nSPS) is 19.5. The molecule has 0 N–H and O–H groups in total. The minimum absolute atomic E-state index is 0.0196. The average molecular weight is 643 g/mol. The van der Waals surface area contributed by atoms with Crippen LogP contribution in [0.4, 0.5) is 0 Å². The number of rotatable bonds is 16. The van der Waals surface area contributed by atoms with Gasteiger partial charge in [-0.05, 0) is 81.3 Å². The van der Waals surface area contributed by atoms with Crippen LogP contribution in [-0.2, 0) is 30.2 Å². The van der Waals surface area contributed by atoms with E-state index < -0.39 is 24.1 Å². The zero-order valence-electron chi connectivity index (χ0n) is 26.4. The Morgan fingerprint density at radius 2 is 1.48 bits per heavy atom. The largest absolute Gasteiger partial charge is 0.463 e. The van der Waals surface area contributed by atoms with Gasteiger partial charge in [-0.25, -0.2) is 9.59 Å². The van der Waals surface area contributed by atoms with Crippen molar-refractivity contribution >= 4 is 35.0 Å². The molecule has 1 aromatic heterocycles. The molecular formula is C38H42O7S. The van der Waals surface area contributed by atoms with Gasteiger partial charge in [-0.3, -0.25) is 9.59 Å². The first kappa shape index (κ1) is 34.6. The van der Waals surface area contributed by atoms with Crippen LogP contribution < -0.4 is 0 Å². The third kappa shape index (κ3) is 10.9. The number of aryl methyl sites for hydroxylation is 1. The summed E-state index contributed by atoms with van der Waals surface area (Å²) in [4.78, 5) is 52.3. The van der Waals surface area contributed by atoms with Crippen molar-refractivity contribution in [1.82, 2.24) is 0 Å². The van der Waals surface area contributed by atoms with Gasteiger partial charge >= 0.3 is 17.9 Å². The molecule has 0 amide bonds. The van der Waals surface area contributed by atoms with Crippen LogP contribution in [-0.4, -0.2) is 42.0 Å². The van der Waals surface area contributed by atoms with E-state index in [4.69, 9.17) is 14.2 Å². The molecule has 3 aromatic rings. The van der Waals surface area contributed by atoms with Gasteiger partial charge in [-0.2, -0.15) is 0 Å². The molecule has 242 valence electrons. The maximum atomic E-state index is 13.2. The molecule has 8 heteroatoms. The summed E-state index contributed by atoms with van der Waals surface area (Å²) in [5.74, 6) is -1.76. The van der Waals surface area contributed by atoms with Crippen LogP contribution in [0.15, 0.2) is 102 Å². The summed E-state index contributed by atoms with van der Waals surface area (Å²) < 4.78 is 17.3. The summed E-state index contributed by atoms with van der Waals surface area (Å²) in [6.45, 7) is 3.65. The standard InChI is InChI=1S/C38H42O7S/c1-27(2)43-36(40)20-12-4-3-11-19-32-33(24-22-30(39)21-23-31-18-13-25-46-31)35(45-38(42)29-16-9-6-10-17-29)26-34(32)44-37(41)28-14-7-5-8-15-28/h3,5-11,13-18,22,24-25,27,32-35H,4,12,19-21,23,26H2,1-2H3/b11-3-,24-22+/t32-,33-,34+,35-/m1/s1. The van der Waals surface area contributed by atoms with Crippen LogP contribution in [0.3, 0.4) is 0 Å². The summed E-state index contributed by atoms with van der Waals surface area (Å²) in [6, 6.07) is 21.5. The monoisotopic (exact) mass is 642 g/mol. The van der Waals surface area contributed by atoms with Crippen LogP contribution in [0.5, 0.6) is 0 Å². The Labute approximate surface area is 275 Å². The quantitative estimate of drug-likeness (QED) is 0.0514. The summed E-state index contributed by atoms with van der Waals surface area (Å²) >= 11 is 1.62. The maximum Gasteiger partial charge on any atom is 0.338 e. The van der Waals surface area contributed by atoms with Crippen molar-refractivity contribution in [3.8, 4) is 0 Å². The van der Waals surface area contributed by atoms with Crippen molar-refractivity contribution in [2.75, 3.05) is 0 Å². The van der Waals surface area contributed by atoms with Gasteiger partial charge in [0.25, 0.3) is 0 Å². The van der Waals surface area contributed by atoms with E-state index in [1.165, 1.54) is 0 Å². The fourth-order valence-electron chi connectivity index (χ4n) is 5.54. The van der Waals surface area contributed by atoms with Crippen molar-refractivity contribution in [1.29, 1.82) is 0 Å². The van der Waals surface area contributed by atoms with Crippen LogP contribution in [0.1, 0.15) is 78.0 Å². The highest BCUT2D eigenvalue weighted by Gasteiger charge is 2.45. The lowest BCUT2D eigenvalue weighted by Crippen LogP contribution is -2.26. The van der Waals surface area contributed by atoms with Crippen molar-refractivity contribution in [2.24, 2.45) is 11.8 Å². The van der Waals surface area contributed by atoms with Gasteiger partial charge in [0.05, 0.1) is 17.2 Å². The van der Waals surface area contributed by atoms with Gasteiger partial charge in [-0.15, -0.1) is 11.3 Å². The minimum atomic E-state index is -0.605. The molecule has 0 unspecified atom stereocenters. The number of hydrogen-bond acceptors (Lipinski definition) is 8. The fourth-order valence-corrected chi connectivity index (χ4v) is 6.25.